The number of benzene rings is 1. The molecule has 2 heterocycles. The molecule has 0 atom stereocenters. The van der Waals surface area contributed by atoms with Crippen LogP contribution < -0.4 is 4.72 Å². The van der Waals surface area contributed by atoms with Crippen molar-refractivity contribution in [3.05, 3.63) is 53.8 Å². The van der Waals surface area contributed by atoms with Crippen LogP contribution in [0.15, 0.2) is 53.6 Å². The molecule has 106 valence electrons. The topological polar surface area (TPSA) is 84.8 Å². The molecule has 3 aromatic rings. The molecule has 3 rings (SSSR count). The molecule has 8 heteroatoms. The van der Waals surface area contributed by atoms with Crippen molar-refractivity contribution in [3.8, 4) is 0 Å². The second-order valence-corrected chi connectivity index (χ2v) is 6.27. The van der Waals surface area contributed by atoms with Gasteiger partial charge in [-0.2, -0.15) is 5.10 Å². The minimum atomic E-state index is -3.73. The number of pyridine rings is 1. The molecule has 0 bridgehead atoms. The summed E-state index contributed by atoms with van der Waals surface area (Å²) in [5.41, 5.74) is 0.626. The molecule has 0 radical (unpaired) electrons. The lowest BCUT2D eigenvalue weighted by atomic mass is 10.2. The van der Waals surface area contributed by atoms with E-state index >= 15 is 0 Å². The number of hydrogen-bond acceptors (Lipinski definition) is 5. The van der Waals surface area contributed by atoms with Crippen molar-refractivity contribution < 1.29 is 8.42 Å². The maximum absolute atomic E-state index is 12.3. The van der Waals surface area contributed by atoms with Gasteiger partial charge in [-0.05, 0) is 42.5 Å². The summed E-state index contributed by atoms with van der Waals surface area (Å²) in [5, 5.41) is 8.35. The molecule has 21 heavy (non-hydrogen) atoms. The zero-order chi connectivity index (χ0) is 14.9. The van der Waals surface area contributed by atoms with Gasteiger partial charge in [0, 0.05) is 11.6 Å². The second-order valence-electron chi connectivity index (χ2n) is 4.20. The molecule has 0 unspecified atom stereocenters. The molecular weight excluding hydrogens is 312 g/mol. The maximum atomic E-state index is 12.3. The van der Waals surface area contributed by atoms with E-state index in [2.05, 4.69) is 19.9 Å². The van der Waals surface area contributed by atoms with Crippen LogP contribution in [0.5, 0.6) is 0 Å². The first-order valence-electron chi connectivity index (χ1n) is 5.91. The Morgan fingerprint density at radius 3 is 2.71 bits per heavy atom. The predicted octanol–water partition coefficient (Wildman–Crippen LogP) is 2.48. The van der Waals surface area contributed by atoms with E-state index in [4.69, 9.17) is 11.6 Å². The number of nitrogens with zero attached hydrogens (tertiary/aromatic N) is 3. The third-order valence-electron chi connectivity index (χ3n) is 2.75. The molecule has 0 aliphatic carbocycles. The lowest BCUT2D eigenvalue weighted by Crippen LogP contribution is -2.14. The van der Waals surface area contributed by atoms with Crippen LogP contribution in [-0.4, -0.2) is 23.6 Å². The van der Waals surface area contributed by atoms with Gasteiger partial charge in [-0.3, -0.25) is 4.72 Å². The summed E-state index contributed by atoms with van der Waals surface area (Å²) in [4.78, 5) is 4.23. The molecule has 0 aliphatic heterocycles. The van der Waals surface area contributed by atoms with E-state index in [0.717, 1.165) is 0 Å². The highest BCUT2D eigenvalue weighted by atomic mass is 35.5. The van der Waals surface area contributed by atoms with E-state index in [-0.39, 0.29) is 10.7 Å². The molecule has 2 aromatic heterocycles. The number of sulfonamides is 1. The summed E-state index contributed by atoms with van der Waals surface area (Å²) in [6.45, 7) is 0. The SMILES string of the molecule is O=S(=O)(Nc1cccnn1)c1ccc2nc(Cl)ccc2c1. The van der Waals surface area contributed by atoms with Gasteiger partial charge < -0.3 is 0 Å². The van der Waals surface area contributed by atoms with Crippen molar-refractivity contribution in [2.24, 2.45) is 0 Å². The fourth-order valence-corrected chi connectivity index (χ4v) is 2.98. The average Bonchev–Trinajstić information content (AvgIpc) is 2.47. The Kier molecular flexibility index (Phi) is 3.44. The second kappa shape index (κ2) is 5.27. The fourth-order valence-electron chi connectivity index (χ4n) is 1.80. The van der Waals surface area contributed by atoms with Gasteiger partial charge in [-0.1, -0.05) is 11.6 Å². The van der Waals surface area contributed by atoms with Gasteiger partial charge in [0.25, 0.3) is 10.0 Å². The summed E-state index contributed by atoms with van der Waals surface area (Å²) in [6.07, 6.45) is 1.46. The first kappa shape index (κ1) is 13.7. The van der Waals surface area contributed by atoms with Crippen LogP contribution in [0.1, 0.15) is 0 Å². The average molecular weight is 321 g/mol. The number of anilines is 1. The fraction of sp³-hybridized carbons (Fsp3) is 0. The lowest BCUT2D eigenvalue weighted by molar-refractivity contribution is 0.601. The zero-order valence-electron chi connectivity index (χ0n) is 10.6. The number of hydrogen-bond donors (Lipinski definition) is 1. The number of rotatable bonds is 3. The Morgan fingerprint density at radius 2 is 1.95 bits per heavy atom. The third-order valence-corrected chi connectivity index (χ3v) is 4.31. The van der Waals surface area contributed by atoms with Crippen LogP contribution in [0.25, 0.3) is 10.9 Å². The summed E-state index contributed by atoms with van der Waals surface area (Å²) in [7, 11) is -3.73. The number of fused-ring (bicyclic) bond motifs is 1. The van der Waals surface area contributed by atoms with Crippen LogP contribution in [0, 0.1) is 0 Å². The van der Waals surface area contributed by atoms with Crippen LogP contribution in [0.3, 0.4) is 0 Å². The van der Waals surface area contributed by atoms with E-state index in [0.29, 0.717) is 16.1 Å². The van der Waals surface area contributed by atoms with E-state index < -0.39 is 10.0 Å². The van der Waals surface area contributed by atoms with Crippen molar-refractivity contribution in [3.63, 3.8) is 0 Å². The molecule has 1 aromatic carbocycles. The number of nitrogens with one attached hydrogen (secondary N) is 1. The van der Waals surface area contributed by atoms with Crippen LogP contribution in [0.2, 0.25) is 5.15 Å². The highest BCUT2D eigenvalue weighted by molar-refractivity contribution is 7.92. The molecule has 0 fully saturated rings. The highest BCUT2D eigenvalue weighted by Crippen LogP contribution is 2.21. The lowest BCUT2D eigenvalue weighted by Gasteiger charge is -2.07. The van der Waals surface area contributed by atoms with Crippen molar-refractivity contribution >= 4 is 38.3 Å². The van der Waals surface area contributed by atoms with Crippen molar-refractivity contribution in [1.82, 2.24) is 15.2 Å². The normalized spacial score (nSPS) is 11.5. The van der Waals surface area contributed by atoms with Gasteiger partial charge >= 0.3 is 0 Å². The predicted molar refractivity (Wildman–Crippen MR) is 79.6 cm³/mol. The highest BCUT2D eigenvalue weighted by Gasteiger charge is 2.15. The van der Waals surface area contributed by atoms with Crippen LogP contribution >= 0.6 is 11.6 Å². The van der Waals surface area contributed by atoms with Gasteiger partial charge in [-0.25, -0.2) is 13.4 Å². The number of halogens is 1. The van der Waals surface area contributed by atoms with E-state index in [1.807, 2.05) is 0 Å². The van der Waals surface area contributed by atoms with Gasteiger partial charge in [0.05, 0.1) is 10.4 Å². The molecule has 0 saturated heterocycles. The summed E-state index contributed by atoms with van der Waals surface area (Å²) in [5.74, 6) is 0.159. The first-order chi connectivity index (χ1) is 10.0. The van der Waals surface area contributed by atoms with Gasteiger partial charge in [0.1, 0.15) is 5.15 Å². The van der Waals surface area contributed by atoms with Crippen molar-refractivity contribution in [2.45, 2.75) is 4.90 Å². The van der Waals surface area contributed by atoms with E-state index in [1.54, 1.807) is 24.3 Å². The van der Waals surface area contributed by atoms with Crippen molar-refractivity contribution in [1.29, 1.82) is 0 Å². The van der Waals surface area contributed by atoms with Crippen molar-refractivity contribution in [2.75, 3.05) is 4.72 Å². The Balaban J connectivity index is 2.01. The number of aromatic nitrogens is 3. The molecule has 0 aliphatic rings. The smallest absolute Gasteiger partial charge is 0.262 e. The van der Waals surface area contributed by atoms with E-state index in [1.165, 1.54) is 24.4 Å². The van der Waals surface area contributed by atoms with Gasteiger partial charge in [0.2, 0.25) is 0 Å². The minimum absolute atomic E-state index is 0.116. The molecule has 0 spiro atoms. The third kappa shape index (κ3) is 2.93. The quantitative estimate of drug-likeness (QED) is 0.749. The van der Waals surface area contributed by atoms with Crippen LogP contribution in [-0.2, 0) is 10.0 Å². The Hall–Kier alpha value is -2.25. The summed E-state index contributed by atoms with van der Waals surface area (Å²) >= 11 is 5.80. The first-order valence-corrected chi connectivity index (χ1v) is 7.77. The molecule has 0 amide bonds. The summed E-state index contributed by atoms with van der Waals surface area (Å²) < 4.78 is 26.9. The standard InChI is InChI=1S/C13H9ClN4O2S/c14-12-6-3-9-8-10(4-5-11(9)16-12)21(19,20)18-13-2-1-7-15-17-13/h1-8H,(H,17,18). The largest absolute Gasteiger partial charge is 0.263 e. The van der Waals surface area contributed by atoms with Gasteiger partial charge in [0.15, 0.2) is 5.82 Å². The zero-order valence-corrected chi connectivity index (χ0v) is 12.1. The maximum Gasteiger partial charge on any atom is 0.263 e. The minimum Gasteiger partial charge on any atom is -0.262 e. The Bertz CT molecular complexity index is 900. The Morgan fingerprint density at radius 1 is 1.10 bits per heavy atom. The molecular formula is C13H9ClN4O2S. The molecule has 0 saturated carbocycles. The van der Waals surface area contributed by atoms with E-state index in [9.17, 15) is 8.42 Å². The Labute approximate surface area is 125 Å². The monoisotopic (exact) mass is 320 g/mol. The van der Waals surface area contributed by atoms with Crippen LogP contribution in [0.4, 0.5) is 5.82 Å². The molecule has 1 N–H and O–H groups in total. The molecule has 6 nitrogen and oxygen atoms in total. The summed E-state index contributed by atoms with van der Waals surface area (Å²) in [6, 6.07) is 11.0. The van der Waals surface area contributed by atoms with Gasteiger partial charge in [-0.15, -0.1) is 5.10 Å².